The Labute approximate surface area is 655 Å². The Balaban J connectivity index is 0.000000209. The van der Waals surface area contributed by atoms with Gasteiger partial charge in [0.1, 0.15) is 41.3 Å². The first-order valence-electron chi connectivity index (χ1n) is 37.8. The van der Waals surface area contributed by atoms with Crippen molar-refractivity contribution in [1.29, 1.82) is 0 Å². The van der Waals surface area contributed by atoms with E-state index in [-0.39, 0.29) is 71.5 Å². The molecular weight excluding hydrogens is 1490 g/mol. The Kier molecular flexibility index (Phi) is 29.0. The van der Waals surface area contributed by atoms with Gasteiger partial charge in [-0.15, -0.1) is 0 Å². The van der Waals surface area contributed by atoms with Gasteiger partial charge in [-0.3, -0.25) is 18.8 Å². The predicted molar refractivity (Wildman–Crippen MR) is 419 cm³/mol. The van der Waals surface area contributed by atoms with Gasteiger partial charge in [0.05, 0.1) is 78.0 Å². The normalized spacial score (nSPS) is 17.7. The van der Waals surface area contributed by atoms with Crippen molar-refractivity contribution < 1.29 is 63.1 Å². The van der Waals surface area contributed by atoms with Gasteiger partial charge in [-0.05, 0) is 120 Å². The topological polar surface area (TPSA) is 349 Å². The summed E-state index contributed by atoms with van der Waals surface area (Å²) < 4.78 is 35.3. The third-order valence-electron chi connectivity index (χ3n) is 20.1. The number of nitrogens with one attached hydrogen (secondary N) is 8. The molecule has 30 heteroatoms. The van der Waals surface area contributed by atoms with Crippen LogP contribution in [0.25, 0.3) is 44.1 Å². The van der Waals surface area contributed by atoms with Crippen LogP contribution in [0.15, 0.2) is 102 Å². The van der Waals surface area contributed by atoms with Gasteiger partial charge in [0.15, 0.2) is 0 Å². The molecule has 28 nitrogen and oxygen atoms in total. The number of carbonyl (C=O) groups is 8. The van der Waals surface area contributed by atoms with Crippen LogP contribution in [0.1, 0.15) is 173 Å². The average Bonchev–Trinajstić information content (AvgIpc) is 1.65. The molecule has 0 unspecified atom stereocenters. The van der Waals surface area contributed by atoms with E-state index in [0.717, 1.165) is 111 Å². The number of benzene rings is 4. The van der Waals surface area contributed by atoms with Crippen molar-refractivity contribution >= 4 is 85.5 Å². The van der Waals surface area contributed by atoms with Crippen LogP contribution < -0.4 is 21.3 Å². The Morgan fingerprint density at radius 2 is 0.766 bits per heavy atom. The van der Waals surface area contributed by atoms with Crippen molar-refractivity contribution in [2.45, 2.75) is 155 Å². The summed E-state index contributed by atoms with van der Waals surface area (Å²) in [5.74, 6) is 10.5. The van der Waals surface area contributed by atoms with E-state index in [1.54, 1.807) is 27.1 Å². The first-order chi connectivity index (χ1) is 53.7. The fourth-order valence-electron chi connectivity index (χ4n) is 14.2. The van der Waals surface area contributed by atoms with Crippen LogP contribution >= 0.6 is 15.9 Å². The van der Waals surface area contributed by atoms with Gasteiger partial charge in [-0.1, -0.05) is 99.8 Å². The maximum atomic E-state index is 13.5. The number of H-pyrrole nitrogens is 4. The molecule has 111 heavy (non-hydrogen) atoms. The molecule has 0 saturated carbocycles. The molecule has 4 fully saturated rings. The summed E-state index contributed by atoms with van der Waals surface area (Å²) in [4.78, 5) is 139. The van der Waals surface area contributed by atoms with E-state index in [0.29, 0.717) is 55.0 Å². The molecule has 8 aromatic rings. The Hall–Kier alpha value is -11.1. The standard InChI is InChI=1S/C40H48N8O6.C24H27BrN4O3.C16H20N4O3.CH3F/c1-23(2)33(45-39(51)53-5)37(49)47-17-7-9-31(47)35-41-21-29(43-35)16-12-25-11-13-27-20-28(15-14-26(27)19-25)30-22-42-36(44-30)32-10-8-18-48(32)38(50)34(24(3)4)46-40(52)54-6;1-14(2)21(28-24(31)32-3)23(30)29-10-4-5-20(29)22-26-13-19(27-22)17-7-6-16-12-18(25)9-8-15(16)11-17;1-5-11-9-17-14(18-11)12-7-6-8-20(12)15(21)13(10(2)3)19-16(22)23-4;1-2/h11,13-15,19-24,31-34H,7-10,17-18H2,1-6H3,(H,41,43)(H,42,44)(H,45,51)(H,46,52);6-9,11-14,20-21H,4-5,10H2,1-3H3,(H,26,27)(H,28,31);9-10,12-13H,6-8H2,2-4H3,(H-,17,18,19,22);1H3/p+1/t31-,32-,33-,34-;20-,21-;12-,13-;/m000./s1/i;;;1D. The van der Waals surface area contributed by atoms with E-state index < -0.39 is 55.7 Å². The molecule has 4 aliphatic rings. The number of methoxy groups -OCH3 is 4. The van der Waals surface area contributed by atoms with Gasteiger partial charge < -0.3 is 59.8 Å². The van der Waals surface area contributed by atoms with Gasteiger partial charge in [-0.25, -0.2) is 29.3 Å². The van der Waals surface area contributed by atoms with Gasteiger partial charge in [0.2, 0.25) is 17.7 Å². The van der Waals surface area contributed by atoms with Crippen LogP contribution in [0.5, 0.6) is 0 Å². The number of rotatable bonds is 18. The molecule has 4 aromatic heterocycles. The van der Waals surface area contributed by atoms with Crippen molar-refractivity contribution in [3.63, 3.8) is 0 Å². The fourth-order valence-corrected chi connectivity index (χ4v) is 14.6. The first-order valence-corrected chi connectivity index (χ1v) is 37.9. The van der Waals surface area contributed by atoms with Crippen molar-refractivity contribution in [3.8, 4) is 40.3 Å². The summed E-state index contributed by atoms with van der Waals surface area (Å²) in [7, 11) is 4.14. The molecule has 0 spiro atoms. The summed E-state index contributed by atoms with van der Waals surface area (Å²) >= 11 is 3.51. The number of aromatic nitrogens is 8. The zero-order valence-corrected chi connectivity index (χ0v) is 66.2. The second kappa shape index (κ2) is 39.0. The van der Waals surface area contributed by atoms with E-state index in [9.17, 15) is 42.7 Å². The maximum absolute atomic E-state index is 13.5. The van der Waals surface area contributed by atoms with Gasteiger partial charge in [-0.2, -0.15) is 0 Å². The number of aromatic amines is 4. The van der Waals surface area contributed by atoms with Gasteiger partial charge in [0.25, 0.3) is 0 Å². The average molecular weight is 1590 g/mol. The number of halogens is 2. The second-order valence-electron chi connectivity index (χ2n) is 28.8. The molecule has 4 saturated heterocycles. The molecule has 4 aliphatic heterocycles. The second-order valence-corrected chi connectivity index (χ2v) is 29.7. The number of fused-ring (bicyclic) bond motifs is 2. The number of imidazole rings is 4. The summed E-state index contributed by atoms with van der Waals surface area (Å²) in [6.45, 7) is 17.5. The van der Waals surface area contributed by atoms with Gasteiger partial charge >= 0.3 is 153 Å². The van der Waals surface area contributed by atoms with Crippen LogP contribution in [-0.2, 0) is 38.1 Å². The zero-order chi connectivity index (χ0) is 81.0. The zero-order valence-electron chi connectivity index (χ0n) is 65.6. The monoisotopic (exact) mass is 1590 g/mol. The number of likely N-dealkylation sites (tertiary alicyclic amines) is 4. The predicted octanol–water partition coefficient (Wildman–Crippen LogP) is 12.5. The third-order valence-corrected chi connectivity index (χ3v) is 20.6. The van der Waals surface area contributed by atoms with Crippen LogP contribution in [-0.4, -0.2) is 193 Å². The van der Waals surface area contributed by atoms with Crippen LogP contribution in [0.2, 0.25) is 0 Å². The molecular formula is C81H99BrFN16O12+. The molecule has 12 rings (SSSR count). The molecule has 0 radical (unpaired) electrons. The number of hydrogen-bond acceptors (Lipinski definition) is 16. The Morgan fingerprint density at radius 1 is 0.459 bits per heavy atom. The van der Waals surface area contributed by atoms with E-state index in [2.05, 4.69) is 136 Å². The SMILES string of the molecule is COC(=O)N[C@H](C(=O)N1CCC[C@H]1c1ncc(-c2ccc3cc(Br)ccc3c2)[nH]1)C(C)C.COC(=O)N[C@H](C(=O)N1CCC[C@H]1c1ncc(C#Cc2ccc3cc(-c4cnc([C@@H]5CCCN5C(=O)[C@@H](NC(=O)OC)C(C)C)[nH]4)ccc3c2)[nH]1)C(C)C.[2H]CF.[C+]#Cc1cnc([C@@H]2CCCN2C(=O)[C@@H](NC(=O)OC)C(C)C)[nH]1. The molecule has 4 aromatic carbocycles. The quantitative estimate of drug-likeness (QED) is 0.0225. The number of carbonyl (C=O) groups excluding carboxylic acids is 8. The fraction of sp³-hybridized carbons (Fsp3) is 0.457. The third kappa shape index (κ3) is 20.7. The van der Waals surface area contributed by atoms with Crippen LogP contribution in [0, 0.1) is 47.9 Å². The molecule has 8 amide bonds. The van der Waals surface area contributed by atoms with E-state index in [4.69, 9.17) is 22.0 Å². The molecule has 8 heterocycles. The Bertz CT molecular complexity index is 4730. The summed E-state index contributed by atoms with van der Waals surface area (Å²) in [5.41, 5.74) is 5.74. The minimum absolute atomic E-state index is 0.0624. The summed E-state index contributed by atoms with van der Waals surface area (Å²) in [6.07, 6.45) is 18.0. The number of hydrogen-bond donors (Lipinski definition) is 8. The van der Waals surface area contributed by atoms with Gasteiger partial charge in [0, 0.05) is 40.8 Å². The number of alkyl halides is 1. The minimum atomic E-state index is -1.00. The molecule has 0 bridgehead atoms. The first kappa shape index (κ1) is 82.4. The number of ether oxygens (including phenoxy) is 4. The van der Waals surface area contributed by atoms with E-state index in [1.807, 2.05) is 103 Å². The van der Waals surface area contributed by atoms with Crippen molar-refractivity contribution in [2.75, 3.05) is 61.8 Å². The van der Waals surface area contributed by atoms with E-state index in [1.165, 1.54) is 34.6 Å². The van der Waals surface area contributed by atoms with Crippen molar-refractivity contribution in [3.05, 3.63) is 149 Å². The molecule has 588 valence electrons. The number of alkyl carbamates (subject to hydrolysis) is 4. The van der Waals surface area contributed by atoms with Crippen molar-refractivity contribution in [2.24, 2.45) is 23.7 Å². The van der Waals surface area contributed by atoms with E-state index >= 15 is 0 Å². The Morgan fingerprint density at radius 3 is 1.11 bits per heavy atom. The van der Waals surface area contributed by atoms with Crippen molar-refractivity contribution in [1.82, 2.24) is 80.7 Å². The summed E-state index contributed by atoms with van der Waals surface area (Å²) in [5, 5.41) is 15.0. The molecule has 0 aliphatic carbocycles. The van der Waals surface area contributed by atoms with Crippen LogP contribution in [0.3, 0.4) is 0 Å². The molecule has 8 N–H and O–H groups in total. The molecule has 8 atom stereocenters. The number of nitrogens with zero attached hydrogens (tertiary/aromatic N) is 8. The van der Waals surface area contributed by atoms with Crippen LogP contribution in [0.4, 0.5) is 23.6 Å². The summed E-state index contributed by atoms with van der Waals surface area (Å²) in [6, 6.07) is 21.3. The number of amides is 8.